The van der Waals surface area contributed by atoms with Crippen LogP contribution in [0.3, 0.4) is 0 Å². The first kappa shape index (κ1) is 14.8. The highest BCUT2D eigenvalue weighted by molar-refractivity contribution is 9.10. The van der Waals surface area contributed by atoms with Gasteiger partial charge < -0.3 is 0 Å². The van der Waals surface area contributed by atoms with Gasteiger partial charge >= 0.3 is 0 Å². The van der Waals surface area contributed by atoms with Gasteiger partial charge in [0.25, 0.3) is 0 Å². The molecule has 0 aliphatic heterocycles. The van der Waals surface area contributed by atoms with Gasteiger partial charge in [-0.3, -0.25) is 0 Å². The van der Waals surface area contributed by atoms with Crippen molar-refractivity contribution >= 4 is 15.9 Å². The van der Waals surface area contributed by atoms with Crippen LogP contribution < -0.4 is 0 Å². The molecule has 1 heterocycles. The number of nitrogens with zero attached hydrogens (tertiary/aromatic N) is 2. The summed E-state index contributed by atoms with van der Waals surface area (Å²) in [4.78, 5) is 8.53. The third-order valence-electron chi connectivity index (χ3n) is 2.50. The lowest BCUT2D eigenvalue weighted by atomic mass is 10.1. The lowest BCUT2D eigenvalue weighted by molar-refractivity contribution is 1.06. The third kappa shape index (κ3) is 3.64. The van der Waals surface area contributed by atoms with Crippen LogP contribution in [0, 0.1) is 6.92 Å². The van der Waals surface area contributed by atoms with E-state index in [9.17, 15) is 0 Å². The van der Waals surface area contributed by atoms with E-state index in [0.717, 1.165) is 28.0 Å². The Balaban J connectivity index is 0.000000771. The van der Waals surface area contributed by atoms with E-state index in [4.69, 9.17) is 0 Å². The molecule has 96 valence electrons. The highest BCUT2D eigenvalue weighted by Crippen LogP contribution is 2.24. The molecule has 0 radical (unpaired) electrons. The van der Waals surface area contributed by atoms with E-state index < -0.39 is 0 Å². The molecule has 0 N–H and O–H groups in total. The van der Waals surface area contributed by atoms with Crippen molar-refractivity contribution in [3.8, 4) is 11.3 Å². The quantitative estimate of drug-likeness (QED) is 0.796. The van der Waals surface area contributed by atoms with Gasteiger partial charge in [-0.1, -0.05) is 42.8 Å². The lowest BCUT2D eigenvalue weighted by Crippen LogP contribution is -1.91. The molecule has 0 atom stereocenters. The van der Waals surface area contributed by atoms with Crippen molar-refractivity contribution in [2.75, 3.05) is 0 Å². The van der Waals surface area contributed by atoms with Crippen LogP contribution in [0.15, 0.2) is 34.9 Å². The van der Waals surface area contributed by atoms with Gasteiger partial charge in [0.1, 0.15) is 5.82 Å². The molecule has 0 saturated heterocycles. The standard InChI is InChI=1S/C13H13BrN2.C2H6/c1-3-10-8-11(4-5-12(10)14)13-6-7-15-9(2)16-13;1-2/h4-8H,3H2,1-2H3;1-2H3. The number of hydrogen-bond acceptors (Lipinski definition) is 2. The van der Waals surface area contributed by atoms with Crippen molar-refractivity contribution in [2.24, 2.45) is 0 Å². The summed E-state index contributed by atoms with van der Waals surface area (Å²) in [6, 6.07) is 8.26. The van der Waals surface area contributed by atoms with Gasteiger partial charge in [-0.2, -0.15) is 0 Å². The topological polar surface area (TPSA) is 25.8 Å². The molecule has 0 bridgehead atoms. The van der Waals surface area contributed by atoms with E-state index in [0.29, 0.717) is 0 Å². The minimum Gasteiger partial charge on any atom is -0.242 e. The zero-order valence-electron chi connectivity index (χ0n) is 11.4. The molecule has 2 aromatic rings. The van der Waals surface area contributed by atoms with Gasteiger partial charge in [0.2, 0.25) is 0 Å². The summed E-state index contributed by atoms with van der Waals surface area (Å²) < 4.78 is 1.16. The number of aryl methyl sites for hydroxylation is 2. The molecule has 1 aromatic heterocycles. The van der Waals surface area contributed by atoms with Crippen LogP contribution in [0.4, 0.5) is 0 Å². The van der Waals surface area contributed by atoms with Gasteiger partial charge in [0, 0.05) is 16.2 Å². The van der Waals surface area contributed by atoms with E-state index in [1.165, 1.54) is 5.56 Å². The first-order valence-electron chi connectivity index (χ1n) is 6.29. The normalized spacial score (nSPS) is 9.61. The van der Waals surface area contributed by atoms with Crippen molar-refractivity contribution in [1.29, 1.82) is 0 Å². The summed E-state index contributed by atoms with van der Waals surface area (Å²) >= 11 is 3.54. The summed E-state index contributed by atoms with van der Waals surface area (Å²) in [6.07, 6.45) is 2.81. The number of hydrogen-bond donors (Lipinski definition) is 0. The van der Waals surface area contributed by atoms with Crippen molar-refractivity contribution in [1.82, 2.24) is 9.97 Å². The first-order chi connectivity index (χ1) is 8.70. The molecule has 0 amide bonds. The van der Waals surface area contributed by atoms with Crippen LogP contribution in [-0.4, -0.2) is 9.97 Å². The minimum atomic E-state index is 0.804. The number of aromatic nitrogens is 2. The van der Waals surface area contributed by atoms with Crippen LogP contribution in [0.25, 0.3) is 11.3 Å². The fourth-order valence-electron chi connectivity index (χ4n) is 1.62. The molecule has 2 nitrogen and oxygen atoms in total. The molecule has 1 aromatic carbocycles. The molecule has 0 saturated carbocycles. The maximum Gasteiger partial charge on any atom is 0.125 e. The van der Waals surface area contributed by atoms with Crippen LogP contribution in [0.5, 0.6) is 0 Å². The maximum atomic E-state index is 4.42. The van der Waals surface area contributed by atoms with E-state index in [2.05, 4.69) is 51.0 Å². The van der Waals surface area contributed by atoms with Gasteiger partial charge in [0.05, 0.1) is 5.69 Å². The fourth-order valence-corrected chi connectivity index (χ4v) is 2.15. The Kier molecular flexibility index (Phi) is 5.99. The highest BCUT2D eigenvalue weighted by atomic mass is 79.9. The molecule has 2 rings (SSSR count). The van der Waals surface area contributed by atoms with Crippen molar-refractivity contribution in [3.05, 3.63) is 46.3 Å². The smallest absolute Gasteiger partial charge is 0.125 e. The minimum absolute atomic E-state index is 0.804. The third-order valence-corrected chi connectivity index (χ3v) is 3.27. The average molecular weight is 307 g/mol. The fraction of sp³-hybridized carbons (Fsp3) is 0.333. The second kappa shape index (κ2) is 7.27. The predicted octanol–water partition coefficient (Wildman–Crippen LogP) is 4.80. The van der Waals surface area contributed by atoms with E-state index in [1.807, 2.05) is 26.8 Å². The Morgan fingerprint density at radius 2 is 1.89 bits per heavy atom. The second-order valence-corrected chi connectivity index (χ2v) is 4.50. The average Bonchev–Trinajstić information content (AvgIpc) is 2.41. The summed E-state index contributed by atoms with van der Waals surface area (Å²) in [5.74, 6) is 0.804. The van der Waals surface area contributed by atoms with E-state index in [1.54, 1.807) is 6.20 Å². The molecular formula is C15H19BrN2. The van der Waals surface area contributed by atoms with Gasteiger partial charge in [-0.05, 0) is 37.1 Å². The van der Waals surface area contributed by atoms with Crippen molar-refractivity contribution < 1.29 is 0 Å². The molecule has 0 aliphatic carbocycles. The second-order valence-electron chi connectivity index (χ2n) is 3.65. The molecular weight excluding hydrogens is 288 g/mol. The first-order valence-corrected chi connectivity index (χ1v) is 7.08. The number of benzene rings is 1. The number of rotatable bonds is 2. The van der Waals surface area contributed by atoms with Crippen molar-refractivity contribution in [3.63, 3.8) is 0 Å². The Hall–Kier alpha value is -1.22. The van der Waals surface area contributed by atoms with Gasteiger partial charge in [-0.25, -0.2) is 9.97 Å². The van der Waals surface area contributed by atoms with Crippen LogP contribution in [0.2, 0.25) is 0 Å². The Morgan fingerprint density at radius 1 is 1.17 bits per heavy atom. The zero-order valence-corrected chi connectivity index (χ0v) is 13.0. The van der Waals surface area contributed by atoms with Gasteiger partial charge in [-0.15, -0.1) is 0 Å². The van der Waals surface area contributed by atoms with Crippen LogP contribution in [-0.2, 0) is 6.42 Å². The maximum absolute atomic E-state index is 4.42. The Bertz CT molecular complexity index is 510. The highest BCUT2D eigenvalue weighted by Gasteiger charge is 2.03. The largest absolute Gasteiger partial charge is 0.242 e. The molecule has 0 aliphatic rings. The van der Waals surface area contributed by atoms with Gasteiger partial charge in [0.15, 0.2) is 0 Å². The Labute approximate surface area is 118 Å². The van der Waals surface area contributed by atoms with Crippen molar-refractivity contribution in [2.45, 2.75) is 34.1 Å². The summed E-state index contributed by atoms with van der Waals surface area (Å²) in [5, 5.41) is 0. The SMILES string of the molecule is CC.CCc1cc(-c2ccnc(C)n2)ccc1Br. The lowest BCUT2D eigenvalue weighted by Gasteiger charge is -2.06. The summed E-state index contributed by atoms with van der Waals surface area (Å²) in [5.41, 5.74) is 3.43. The summed E-state index contributed by atoms with van der Waals surface area (Å²) in [6.45, 7) is 8.05. The van der Waals surface area contributed by atoms with Crippen LogP contribution >= 0.6 is 15.9 Å². The molecule has 3 heteroatoms. The van der Waals surface area contributed by atoms with E-state index >= 15 is 0 Å². The molecule has 18 heavy (non-hydrogen) atoms. The van der Waals surface area contributed by atoms with Crippen LogP contribution in [0.1, 0.15) is 32.2 Å². The Morgan fingerprint density at radius 3 is 2.50 bits per heavy atom. The molecule has 0 spiro atoms. The number of halogens is 1. The predicted molar refractivity (Wildman–Crippen MR) is 80.6 cm³/mol. The summed E-state index contributed by atoms with van der Waals surface area (Å²) in [7, 11) is 0. The van der Waals surface area contributed by atoms with E-state index in [-0.39, 0.29) is 0 Å². The monoisotopic (exact) mass is 306 g/mol. The zero-order chi connectivity index (χ0) is 13.5. The molecule has 0 fully saturated rings. The molecule has 0 unspecified atom stereocenters.